The number of carbonyl (C=O) groups is 2. The number of aromatic nitrogens is 4. The minimum absolute atomic E-state index is 0.0528. The highest BCUT2D eigenvalue weighted by atomic mass is 35.5. The number of rotatable bonds is 5. The SMILES string of the molecule is O=C(Nc1cccnc1Cl)c1ccc(OC(=O)c2cc3nc(-c4ccccc4)cc(C(F)(F)F)n3n2)cc1. The number of alkyl halides is 3. The van der Waals surface area contributed by atoms with Crippen molar-refractivity contribution >= 4 is 34.8 Å². The number of hydrogen-bond donors (Lipinski definition) is 1. The van der Waals surface area contributed by atoms with Crippen LogP contribution in [0.4, 0.5) is 18.9 Å². The number of halogens is 4. The van der Waals surface area contributed by atoms with Crippen molar-refractivity contribution in [2.75, 3.05) is 5.32 Å². The molecule has 0 aliphatic heterocycles. The van der Waals surface area contributed by atoms with E-state index >= 15 is 0 Å². The number of pyridine rings is 1. The molecule has 0 saturated heterocycles. The number of anilines is 1. The minimum Gasteiger partial charge on any atom is -0.422 e. The molecule has 0 bridgehead atoms. The van der Waals surface area contributed by atoms with Gasteiger partial charge in [0, 0.05) is 23.4 Å². The van der Waals surface area contributed by atoms with Gasteiger partial charge in [-0.15, -0.1) is 0 Å². The van der Waals surface area contributed by atoms with Crippen molar-refractivity contribution in [2.24, 2.45) is 0 Å². The number of benzene rings is 2. The molecule has 5 rings (SSSR count). The summed E-state index contributed by atoms with van der Waals surface area (Å²) in [6.45, 7) is 0. The normalized spacial score (nSPS) is 11.4. The molecule has 2 aromatic carbocycles. The summed E-state index contributed by atoms with van der Waals surface area (Å²) in [4.78, 5) is 33.2. The zero-order chi connectivity index (χ0) is 26.9. The summed E-state index contributed by atoms with van der Waals surface area (Å²) in [5.41, 5.74) is -0.529. The lowest BCUT2D eigenvalue weighted by Gasteiger charge is -2.10. The van der Waals surface area contributed by atoms with E-state index in [2.05, 4.69) is 20.4 Å². The number of esters is 1. The molecule has 5 aromatic rings. The van der Waals surface area contributed by atoms with Crippen LogP contribution in [0.15, 0.2) is 85.1 Å². The first-order valence-electron chi connectivity index (χ1n) is 11.0. The maximum atomic E-state index is 13.8. The largest absolute Gasteiger partial charge is 0.433 e. The van der Waals surface area contributed by atoms with Gasteiger partial charge in [0.15, 0.2) is 22.2 Å². The third kappa shape index (κ3) is 5.18. The molecule has 12 heteroatoms. The summed E-state index contributed by atoms with van der Waals surface area (Å²) in [6.07, 6.45) is -3.28. The average Bonchev–Trinajstić information content (AvgIpc) is 3.34. The van der Waals surface area contributed by atoms with Gasteiger partial charge in [-0.1, -0.05) is 41.9 Å². The number of nitrogens with zero attached hydrogens (tertiary/aromatic N) is 4. The van der Waals surface area contributed by atoms with Gasteiger partial charge in [-0.3, -0.25) is 4.79 Å². The van der Waals surface area contributed by atoms with Crippen LogP contribution in [0.1, 0.15) is 26.5 Å². The van der Waals surface area contributed by atoms with Crippen molar-refractivity contribution in [1.29, 1.82) is 0 Å². The molecule has 0 unspecified atom stereocenters. The van der Waals surface area contributed by atoms with Crippen LogP contribution in [0.5, 0.6) is 5.75 Å². The Hall–Kier alpha value is -4.77. The molecule has 0 aliphatic carbocycles. The van der Waals surface area contributed by atoms with Crippen LogP contribution in [-0.4, -0.2) is 31.5 Å². The first kappa shape index (κ1) is 24.9. The molecule has 3 aromatic heterocycles. The molecule has 0 radical (unpaired) electrons. The second kappa shape index (κ2) is 9.94. The Morgan fingerprint density at radius 1 is 0.947 bits per heavy atom. The third-order valence-corrected chi connectivity index (χ3v) is 5.63. The van der Waals surface area contributed by atoms with Crippen LogP contribution in [-0.2, 0) is 6.18 Å². The predicted molar refractivity (Wildman–Crippen MR) is 132 cm³/mol. The Morgan fingerprint density at radius 3 is 2.37 bits per heavy atom. The summed E-state index contributed by atoms with van der Waals surface area (Å²) in [7, 11) is 0. The number of nitrogens with one attached hydrogen (secondary N) is 1. The Labute approximate surface area is 217 Å². The van der Waals surface area contributed by atoms with E-state index in [4.69, 9.17) is 16.3 Å². The molecule has 1 N–H and O–H groups in total. The molecular weight excluding hydrogens is 523 g/mol. The Bertz CT molecular complexity index is 1660. The van der Waals surface area contributed by atoms with E-state index in [1.54, 1.807) is 42.5 Å². The van der Waals surface area contributed by atoms with Gasteiger partial charge in [-0.2, -0.15) is 18.3 Å². The fraction of sp³-hybridized carbons (Fsp3) is 0.0385. The van der Waals surface area contributed by atoms with E-state index in [1.165, 1.54) is 30.5 Å². The summed E-state index contributed by atoms with van der Waals surface area (Å²) >= 11 is 5.94. The van der Waals surface area contributed by atoms with E-state index in [0.717, 1.165) is 12.1 Å². The van der Waals surface area contributed by atoms with Gasteiger partial charge >= 0.3 is 12.1 Å². The van der Waals surface area contributed by atoms with E-state index < -0.39 is 23.7 Å². The van der Waals surface area contributed by atoms with Crippen LogP contribution >= 0.6 is 11.6 Å². The Kier molecular flexibility index (Phi) is 6.52. The molecule has 0 fully saturated rings. The highest BCUT2D eigenvalue weighted by molar-refractivity contribution is 6.32. The standard InChI is InChI=1S/C26H15ClF3N5O3/c27-23-18(7-4-12-31-23)33-24(36)16-8-10-17(11-9-16)38-25(37)20-14-22-32-19(15-5-2-1-3-6-15)13-21(26(28,29)30)35(22)34-20/h1-14H,(H,33,36). The number of hydrogen-bond acceptors (Lipinski definition) is 6. The maximum Gasteiger partial charge on any atom is 0.433 e. The van der Waals surface area contributed by atoms with Crippen molar-refractivity contribution < 1.29 is 27.5 Å². The molecule has 0 atom stereocenters. The fourth-order valence-electron chi connectivity index (χ4n) is 3.54. The maximum absolute atomic E-state index is 13.8. The smallest absolute Gasteiger partial charge is 0.422 e. The zero-order valence-corrected chi connectivity index (χ0v) is 19.9. The van der Waals surface area contributed by atoms with Gasteiger partial charge in [-0.25, -0.2) is 19.3 Å². The molecule has 38 heavy (non-hydrogen) atoms. The number of carbonyl (C=O) groups excluding carboxylic acids is 2. The lowest BCUT2D eigenvalue weighted by atomic mass is 10.1. The second-order valence-electron chi connectivity index (χ2n) is 7.90. The van der Waals surface area contributed by atoms with Crippen LogP contribution in [0.2, 0.25) is 5.15 Å². The van der Waals surface area contributed by atoms with Gasteiger partial charge < -0.3 is 10.1 Å². The second-order valence-corrected chi connectivity index (χ2v) is 8.26. The van der Waals surface area contributed by atoms with Crippen molar-refractivity contribution in [3.05, 3.63) is 107 Å². The van der Waals surface area contributed by atoms with Crippen LogP contribution in [0.25, 0.3) is 16.9 Å². The summed E-state index contributed by atoms with van der Waals surface area (Å²) in [6, 6.07) is 19.0. The fourth-order valence-corrected chi connectivity index (χ4v) is 3.71. The number of fused-ring (bicyclic) bond motifs is 1. The monoisotopic (exact) mass is 537 g/mol. The van der Waals surface area contributed by atoms with Gasteiger partial charge in [-0.05, 0) is 42.5 Å². The summed E-state index contributed by atoms with van der Waals surface area (Å²) in [5.74, 6) is -1.42. The highest BCUT2D eigenvalue weighted by Crippen LogP contribution is 2.32. The number of amides is 1. The van der Waals surface area contributed by atoms with Gasteiger partial charge in [0.25, 0.3) is 5.91 Å². The molecule has 190 valence electrons. The van der Waals surface area contributed by atoms with Crippen LogP contribution in [0, 0.1) is 0 Å². The van der Waals surface area contributed by atoms with E-state index in [9.17, 15) is 22.8 Å². The summed E-state index contributed by atoms with van der Waals surface area (Å²) in [5, 5.41) is 6.52. The molecule has 0 aliphatic rings. The molecule has 3 heterocycles. The van der Waals surface area contributed by atoms with Crippen molar-refractivity contribution in [1.82, 2.24) is 19.6 Å². The van der Waals surface area contributed by atoms with Crippen molar-refractivity contribution in [3.63, 3.8) is 0 Å². The minimum atomic E-state index is -4.76. The Morgan fingerprint density at radius 2 is 1.68 bits per heavy atom. The molecule has 8 nitrogen and oxygen atoms in total. The third-order valence-electron chi connectivity index (χ3n) is 5.33. The molecule has 1 amide bonds. The van der Waals surface area contributed by atoms with E-state index in [1.807, 2.05) is 0 Å². The molecule has 0 spiro atoms. The van der Waals surface area contributed by atoms with E-state index in [0.29, 0.717) is 15.8 Å². The van der Waals surface area contributed by atoms with Gasteiger partial charge in [0.1, 0.15) is 5.75 Å². The molecule has 0 saturated carbocycles. The number of ether oxygens (including phenoxy) is 1. The highest BCUT2D eigenvalue weighted by Gasteiger charge is 2.35. The topological polar surface area (TPSA) is 98.5 Å². The zero-order valence-electron chi connectivity index (χ0n) is 19.1. The lowest BCUT2D eigenvalue weighted by Crippen LogP contribution is -2.15. The van der Waals surface area contributed by atoms with Gasteiger partial charge in [0.05, 0.1) is 11.4 Å². The van der Waals surface area contributed by atoms with E-state index in [-0.39, 0.29) is 33.5 Å². The first-order valence-corrected chi connectivity index (χ1v) is 11.3. The summed E-state index contributed by atoms with van der Waals surface area (Å²) < 4.78 is 47.2. The van der Waals surface area contributed by atoms with Crippen molar-refractivity contribution in [3.8, 4) is 17.0 Å². The van der Waals surface area contributed by atoms with Crippen LogP contribution in [0.3, 0.4) is 0 Å². The van der Waals surface area contributed by atoms with Crippen LogP contribution < -0.4 is 10.1 Å². The first-order chi connectivity index (χ1) is 18.2. The lowest BCUT2D eigenvalue weighted by molar-refractivity contribution is -0.142. The predicted octanol–water partition coefficient (Wildman–Crippen LogP) is 5.94. The quantitative estimate of drug-likeness (QED) is 0.169. The molecular formula is C26H15ClF3N5O3. The van der Waals surface area contributed by atoms with Gasteiger partial charge in [0.2, 0.25) is 0 Å². The van der Waals surface area contributed by atoms with Crippen molar-refractivity contribution in [2.45, 2.75) is 6.18 Å². The average molecular weight is 538 g/mol. The Balaban J connectivity index is 1.37.